The zero-order valence-electron chi connectivity index (χ0n) is 12.0. The molecule has 1 aromatic carbocycles. The van der Waals surface area contributed by atoms with Crippen LogP contribution in [0.5, 0.6) is 0 Å². The summed E-state index contributed by atoms with van der Waals surface area (Å²) >= 11 is 0. The lowest BCUT2D eigenvalue weighted by Gasteiger charge is -2.23. The number of hydrogen-bond donors (Lipinski definition) is 2. The van der Waals surface area contributed by atoms with Gasteiger partial charge >= 0.3 is 0 Å². The molecule has 0 spiro atoms. The number of nitrogens with zero attached hydrogens (tertiary/aromatic N) is 1. The molecule has 4 nitrogen and oxygen atoms in total. The van der Waals surface area contributed by atoms with Gasteiger partial charge in [0.05, 0.1) is 6.54 Å². The Kier molecular flexibility index (Phi) is 4.30. The molecule has 4 heteroatoms. The van der Waals surface area contributed by atoms with Crippen molar-refractivity contribution in [3.8, 4) is 0 Å². The van der Waals surface area contributed by atoms with Crippen LogP contribution in [0.3, 0.4) is 0 Å². The van der Waals surface area contributed by atoms with Gasteiger partial charge < -0.3 is 15.5 Å². The summed E-state index contributed by atoms with van der Waals surface area (Å²) in [6, 6.07) is 6.57. The van der Waals surface area contributed by atoms with Crippen molar-refractivity contribution in [2.45, 2.75) is 32.7 Å². The highest BCUT2D eigenvalue weighted by atomic mass is 16.2. The molecule has 0 saturated heterocycles. The second kappa shape index (κ2) is 5.95. The molecule has 1 aromatic rings. The molecule has 2 rings (SSSR count). The van der Waals surface area contributed by atoms with Crippen LogP contribution in [-0.4, -0.2) is 32.1 Å². The van der Waals surface area contributed by atoms with Crippen LogP contribution in [-0.2, 0) is 11.2 Å². The number of likely N-dealkylation sites (N-methyl/N-ethyl adjacent to an activating group) is 1. The maximum absolute atomic E-state index is 11.8. The summed E-state index contributed by atoms with van der Waals surface area (Å²) in [6.07, 6.45) is 2.33. The van der Waals surface area contributed by atoms with Gasteiger partial charge in [-0.05, 0) is 44.4 Å². The fourth-order valence-corrected chi connectivity index (χ4v) is 2.36. The van der Waals surface area contributed by atoms with Crippen molar-refractivity contribution < 1.29 is 4.79 Å². The maximum Gasteiger partial charge on any atom is 0.239 e. The highest BCUT2D eigenvalue weighted by Gasteiger charge is 2.12. The molecule has 1 aliphatic rings. The highest BCUT2D eigenvalue weighted by molar-refractivity contribution is 5.81. The summed E-state index contributed by atoms with van der Waals surface area (Å²) in [4.78, 5) is 13.7. The molecular formula is C15H23N3O. The van der Waals surface area contributed by atoms with Crippen LogP contribution in [0.15, 0.2) is 18.2 Å². The van der Waals surface area contributed by atoms with E-state index in [1.807, 2.05) is 25.8 Å². The zero-order valence-corrected chi connectivity index (χ0v) is 12.0. The Morgan fingerprint density at radius 1 is 1.47 bits per heavy atom. The molecule has 2 N–H and O–H groups in total. The van der Waals surface area contributed by atoms with E-state index in [0.717, 1.165) is 18.7 Å². The first kappa shape index (κ1) is 13.7. The Morgan fingerprint density at radius 3 is 3.00 bits per heavy atom. The molecule has 0 bridgehead atoms. The van der Waals surface area contributed by atoms with Gasteiger partial charge in [0.25, 0.3) is 0 Å². The Bertz CT molecular complexity index is 457. The number of aryl methyl sites for hydroxylation is 1. The Morgan fingerprint density at radius 2 is 2.26 bits per heavy atom. The molecule has 0 saturated carbocycles. The Labute approximate surface area is 115 Å². The molecule has 0 aliphatic carbocycles. The molecule has 0 unspecified atom stereocenters. The van der Waals surface area contributed by atoms with Crippen LogP contribution in [0.2, 0.25) is 0 Å². The molecule has 0 atom stereocenters. The first-order valence-electron chi connectivity index (χ1n) is 6.93. The van der Waals surface area contributed by atoms with Crippen molar-refractivity contribution in [2.24, 2.45) is 0 Å². The van der Waals surface area contributed by atoms with Crippen LogP contribution in [0.4, 0.5) is 11.4 Å². The lowest BCUT2D eigenvalue weighted by Crippen LogP contribution is -2.38. The molecule has 104 valence electrons. The van der Waals surface area contributed by atoms with Crippen molar-refractivity contribution in [1.29, 1.82) is 0 Å². The minimum Gasteiger partial charge on any atom is -0.385 e. The monoisotopic (exact) mass is 261 g/mol. The first-order valence-corrected chi connectivity index (χ1v) is 6.93. The van der Waals surface area contributed by atoms with Gasteiger partial charge in [-0.15, -0.1) is 0 Å². The van der Waals surface area contributed by atoms with Crippen molar-refractivity contribution in [1.82, 2.24) is 5.32 Å². The SMILES string of the molecule is CC(C)NC(=O)CN(C)c1ccc2c(c1)NCCC2. The van der Waals surface area contributed by atoms with E-state index < -0.39 is 0 Å². The summed E-state index contributed by atoms with van der Waals surface area (Å²) in [6.45, 7) is 5.37. The molecule has 1 amide bonds. The number of hydrogen-bond acceptors (Lipinski definition) is 3. The summed E-state index contributed by atoms with van der Waals surface area (Å²) in [5, 5.41) is 6.33. The number of amides is 1. The average molecular weight is 261 g/mol. The topological polar surface area (TPSA) is 44.4 Å². The van der Waals surface area contributed by atoms with Crippen LogP contribution in [0, 0.1) is 0 Å². The van der Waals surface area contributed by atoms with Crippen molar-refractivity contribution in [3.05, 3.63) is 23.8 Å². The summed E-state index contributed by atoms with van der Waals surface area (Å²) in [5.41, 5.74) is 3.65. The van der Waals surface area contributed by atoms with Crippen LogP contribution >= 0.6 is 0 Å². The van der Waals surface area contributed by atoms with E-state index in [9.17, 15) is 4.79 Å². The fraction of sp³-hybridized carbons (Fsp3) is 0.533. The number of carbonyl (C=O) groups is 1. The van der Waals surface area contributed by atoms with Gasteiger partial charge in [0.1, 0.15) is 0 Å². The quantitative estimate of drug-likeness (QED) is 0.871. The standard InChI is InChI=1S/C15H23N3O/c1-11(2)17-15(19)10-18(3)13-7-6-12-5-4-8-16-14(12)9-13/h6-7,9,11,16H,4-5,8,10H2,1-3H3,(H,17,19). The number of anilines is 2. The molecule has 0 fully saturated rings. The predicted molar refractivity (Wildman–Crippen MR) is 79.8 cm³/mol. The van der Waals surface area contributed by atoms with E-state index in [1.165, 1.54) is 17.7 Å². The maximum atomic E-state index is 11.8. The van der Waals surface area contributed by atoms with Gasteiger partial charge in [-0.3, -0.25) is 4.79 Å². The third-order valence-corrected chi connectivity index (χ3v) is 3.30. The predicted octanol–water partition coefficient (Wildman–Crippen LogP) is 2.01. The molecule has 1 aliphatic heterocycles. The fourth-order valence-electron chi connectivity index (χ4n) is 2.36. The summed E-state index contributed by atoms with van der Waals surface area (Å²) < 4.78 is 0. The lowest BCUT2D eigenvalue weighted by molar-refractivity contribution is -0.120. The molecular weight excluding hydrogens is 238 g/mol. The molecule has 0 aromatic heterocycles. The van der Waals surface area contributed by atoms with Crippen LogP contribution < -0.4 is 15.5 Å². The van der Waals surface area contributed by atoms with E-state index in [0.29, 0.717) is 6.54 Å². The van der Waals surface area contributed by atoms with Gasteiger partial charge in [-0.2, -0.15) is 0 Å². The van der Waals surface area contributed by atoms with Crippen molar-refractivity contribution in [3.63, 3.8) is 0 Å². The number of carbonyl (C=O) groups excluding carboxylic acids is 1. The van der Waals surface area contributed by atoms with Gasteiger partial charge in [0.2, 0.25) is 5.91 Å². The minimum atomic E-state index is 0.0585. The number of nitrogens with one attached hydrogen (secondary N) is 2. The Balaban J connectivity index is 2.03. The number of benzene rings is 1. The Hall–Kier alpha value is -1.71. The molecule has 19 heavy (non-hydrogen) atoms. The minimum absolute atomic E-state index is 0.0585. The normalized spacial score (nSPS) is 13.7. The smallest absolute Gasteiger partial charge is 0.239 e. The third-order valence-electron chi connectivity index (χ3n) is 3.30. The average Bonchev–Trinajstić information content (AvgIpc) is 2.37. The van der Waals surface area contributed by atoms with Gasteiger partial charge in [-0.1, -0.05) is 6.07 Å². The summed E-state index contributed by atoms with van der Waals surface area (Å²) in [5.74, 6) is 0.0585. The first-order chi connectivity index (χ1) is 9.06. The largest absolute Gasteiger partial charge is 0.385 e. The number of fused-ring (bicyclic) bond motifs is 1. The van der Waals surface area contributed by atoms with Gasteiger partial charge in [0, 0.05) is 31.0 Å². The van der Waals surface area contributed by atoms with Crippen molar-refractivity contribution in [2.75, 3.05) is 30.4 Å². The molecule has 0 radical (unpaired) electrons. The van der Waals surface area contributed by atoms with E-state index in [2.05, 4.69) is 28.8 Å². The second-order valence-electron chi connectivity index (χ2n) is 5.45. The van der Waals surface area contributed by atoms with Gasteiger partial charge in [0.15, 0.2) is 0 Å². The van der Waals surface area contributed by atoms with Crippen LogP contribution in [0.1, 0.15) is 25.8 Å². The second-order valence-corrected chi connectivity index (χ2v) is 5.45. The van der Waals surface area contributed by atoms with E-state index >= 15 is 0 Å². The van der Waals surface area contributed by atoms with Gasteiger partial charge in [-0.25, -0.2) is 0 Å². The van der Waals surface area contributed by atoms with E-state index in [1.54, 1.807) is 0 Å². The van der Waals surface area contributed by atoms with E-state index in [4.69, 9.17) is 0 Å². The summed E-state index contributed by atoms with van der Waals surface area (Å²) in [7, 11) is 1.95. The van der Waals surface area contributed by atoms with Crippen molar-refractivity contribution >= 4 is 17.3 Å². The lowest BCUT2D eigenvalue weighted by atomic mass is 10.0. The number of rotatable bonds is 4. The highest BCUT2D eigenvalue weighted by Crippen LogP contribution is 2.26. The zero-order chi connectivity index (χ0) is 13.8. The van der Waals surface area contributed by atoms with E-state index in [-0.39, 0.29) is 11.9 Å². The third kappa shape index (κ3) is 3.63. The van der Waals surface area contributed by atoms with Crippen LogP contribution in [0.25, 0.3) is 0 Å². The molecule has 1 heterocycles.